The highest BCUT2D eigenvalue weighted by Gasteiger charge is 2.28. The average Bonchev–Trinajstić information content (AvgIpc) is 2.52. The van der Waals surface area contributed by atoms with Gasteiger partial charge in [0, 0.05) is 18.5 Å². The third-order valence-electron chi connectivity index (χ3n) is 3.20. The zero-order chi connectivity index (χ0) is 10.8. The van der Waals surface area contributed by atoms with Crippen molar-refractivity contribution in [3.05, 3.63) is 0 Å². The maximum absolute atomic E-state index is 10.8. The summed E-state index contributed by atoms with van der Waals surface area (Å²) in [6.45, 7) is 11.9. The largest absolute Gasteiger partial charge is 0.303 e. The van der Waals surface area contributed by atoms with Gasteiger partial charge >= 0.3 is 0 Å². The number of nitrogens with zero attached hydrogens (tertiary/aromatic N) is 1. The highest BCUT2D eigenvalue weighted by atomic mass is 16.1. The van der Waals surface area contributed by atoms with E-state index in [1.54, 1.807) is 0 Å². The predicted molar refractivity (Wildman–Crippen MR) is 59.2 cm³/mol. The van der Waals surface area contributed by atoms with E-state index in [-0.39, 0.29) is 5.41 Å². The molecule has 0 aromatic heterocycles. The van der Waals surface area contributed by atoms with Crippen LogP contribution in [0.5, 0.6) is 0 Å². The maximum atomic E-state index is 10.8. The number of rotatable bonds is 4. The lowest BCUT2D eigenvalue weighted by Crippen LogP contribution is -2.34. The molecular formula is C12H23NO. The monoisotopic (exact) mass is 197 g/mol. The van der Waals surface area contributed by atoms with E-state index in [0.717, 1.165) is 24.7 Å². The van der Waals surface area contributed by atoms with Crippen LogP contribution in [0, 0.1) is 17.3 Å². The number of hydrogen-bond donors (Lipinski definition) is 0. The Balaban J connectivity index is 2.39. The lowest BCUT2D eigenvalue weighted by Gasteiger charge is -2.25. The summed E-state index contributed by atoms with van der Waals surface area (Å²) >= 11 is 0. The molecule has 1 fully saturated rings. The van der Waals surface area contributed by atoms with E-state index in [1.165, 1.54) is 19.5 Å². The number of carbonyl (C=O) groups excluding carboxylic acids is 1. The normalized spacial score (nSPS) is 24.5. The molecule has 14 heavy (non-hydrogen) atoms. The molecule has 1 unspecified atom stereocenters. The van der Waals surface area contributed by atoms with Crippen molar-refractivity contribution in [3.63, 3.8) is 0 Å². The van der Waals surface area contributed by atoms with Crippen molar-refractivity contribution in [3.8, 4) is 0 Å². The maximum Gasteiger partial charge on any atom is 0.126 e. The Morgan fingerprint density at radius 2 is 2.14 bits per heavy atom. The van der Waals surface area contributed by atoms with E-state index in [2.05, 4.69) is 18.7 Å². The summed E-state index contributed by atoms with van der Waals surface area (Å²) in [6.07, 6.45) is 2.38. The van der Waals surface area contributed by atoms with Gasteiger partial charge in [-0.3, -0.25) is 0 Å². The van der Waals surface area contributed by atoms with Crippen molar-refractivity contribution >= 4 is 6.29 Å². The van der Waals surface area contributed by atoms with Gasteiger partial charge in [0.05, 0.1) is 0 Å². The first-order chi connectivity index (χ1) is 6.44. The van der Waals surface area contributed by atoms with Crippen LogP contribution in [0.25, 0.3) is 0 Å². The summed E-state index contributed by atoms with van der Waals surface area (Å²) in [4.78, 5) is 13.2. The third-order valence-corrected chi connectivity index (χ3v) is 3.20. The minimum absolute atomic E-state index is 0.175. The summed E-state index contributed by atoms with van der Waals surface area (Å²) < 4.78 is 0. The lowest BCUT2D eigenvalue weighted by atomic mass is 9.94. The summed E-state index contributed by atoms with van der Waals surface area (Å²) in [7, 11) is 0. The Bertz CT molecular complexity index is 198. The summed E-state index contributed by atoms with van der Waals surface area (Å²) in [5, 5.41) is 0. The van der Waals surface area contributed by atoms with E-state index < -0.39 is 0 Å². The number of hydrogen-bond acceptors (Lipinski definition) is 2. The van der Waals surface area contributed by atoms with Crippen molar-refractivity contribution in [1.82, 2.24) is 4.90 Å². The Kier molecular flexibility index (Phi) is 3.71. The average molecular weight is 197 g/mol. The second-order valence-electron chi connectivity index (χ2n) is 5.63. The molecular weight excluding hydrogens is 174 g/mol. The molecule has 1 atom stereocenters. The number of likely N-dealkylation sites (tertiary alicyclic amines) is 1. The van der Waals surface area contributed by atoms with Crippen LogP contribution in [0.4, 0.5) is 0 Å². The standard InChI is InChI=1S/C12H23NO/c1-10(2)11-5-6-13(7-11)8-12(3,4)9-14/h9-11H,5-8H2,1-4H3. The minimum Gasteiger partial charge on any atom is -0.303 e. The SMILES string of the molecule is CC(C)C1CCN(CC(C)(C)C=O)C1. The van der Waals surface area contributed by atoms with Crippen LogP contribution in [-0.2, 0) is 4.79 Å². The highest BCUT2D eigenvalue weighted by molar-refractivity contribution is 5.58. The number of carbonyl (C=O) groups is 1. The van der Waals surface area contributed by atoms with Crippen LogP contribution in [0.15, 0.2) is 0 Å². The van der Waals surface area contributed by atoms with Crippen LogP contribution in [0.2, 0.25) is 0 Å². The summed E-state index contributed by atoms with van der Waals surface area (Å²) in [5.41, 5.74) is -0.175. The molecule has 0 aliphatic carbocycles. The van der Waals surface area contributed by atoms with Crippen LogP contribution in [0.3, 0.4) is 0 Å². The van der Waals surface area contributed by atoms with Gasteiger partial charge in [-0.1, -0.05) is 27.7 Å². The van der Waals surface area contributed by atoms with Crippen molar-refractivity contribution in [2.45, 2.75) is 34.1 Å². The molecule has 0 amide bonds. The predicted octanol–water partition coefficient (Wildman–Crippen LogP) is 2.19. The molecule has 0 radical (unpaired) electrons. The van der Waals surface area contributed by atoms with Gasteiger partial charge in [-0.25, -0.2) is 0 Å². The van der Waals surface area contributed by atoms with Crippen LogP contribution >= 0.6 is 0 Å². The first-order valence-corrected chi connectivity index (χ1v) is 5.63. The first kappa shape index (κ1) is 11.7. The van der Waals surface area contributed by atoms with Crippen LogP contribution < -0.4 is 0 Å². The lowest BCUT2D eigenvalue weighted by molar-refractivity contribution is -0.115. The molecule has 1 aliphatic heterocycles. The Labute approximate surface area is 87.7 Å². The molecule has 82 valence electrons. The van der Waals surface area contributed by atoms with E-state index in [9.17, 15) is 4.79 Å². The van der Waals surface area contributed by atoms with Crippen LogP contribution in [-0.4, -0.2) is 30.8 Å². The molecule has 0 N–H and O–H groups in total. The molecule has 1 rings (SSSR count). The topological polar surface area (TPSA) is 20.3 Å². The van der Waals surface area contributed by atoms with Crippen LogP contribution in [0.1, 0.15) is 34.1 Å². The van der Waals surface area contributed by atoms with Gasteiger partial charge in [-0.05, 0) is 24.8 Å². The molecule has 0 aromatic rings. The molecule has 0 saturated carbocycles. The van der Waals surface area contributed by atoms with Gasteiger partial charge in [0.25, 0.3) is 0 Å². The number of aldehydes is 1. The van der Waals surface area contributed by atoms with E-state index in [0.29, 0.717) is 0 Å². The Hall–Kier alpha value is -0.370. The Morgan fingerprint density at radius 1 is 1.50 bits per heavy atom. The van der Waals surface area contributed by atoms with Gasteiger partial charge in [-0.15, -0.1) is 0 Å². The fourth-order valence-electron chi connectivity index (χ4n) is 2.16. The second kappa shape index (κ2) is 4.43. The van der Waals surface area contributed by atoms with E-state index in [4.69, 9.17) is 0 Å². The molecule has 0 bridgehead atoms. The molecule has 2 nitrogen and oxygen atoms in total. The van der Waals surface area contributed by atoms with Gasteiger partial charge in [0.2, 0.25) is 0 Å². The van der Waals surface area contributed by atoms with Gasteiger partial charge in [-0.2, -0.15) is 0 Å². The van der Waals surface area contributed by atoms with Gasteiger partial charge < -0.3 is 9.69 Å². The fourth-order valence-corrected chi connectivity index (χ4v) is 2.16. The van der Waals surface area contributed by atoms with Gasteiger partial charge in [0.15, 0.2) is 0 Å². The molecule has 1 heterocycles. The van der Waals surface area contributed by atoms with E-state index >= 15 is 0 Å². The zero-order valence-corrected chi connectivity index (χ0v) is 9.92. The first-order valence-electron chi connectivity index (χ1n) is 5.63. The highest BCUT2D eigenvalue weighted by Crippen LogP contribution is 2.26. The second-order valence-corrected chi connectivity index (χ2v) is 5.63. The minimum atomic E-state index is -0.175. The molecule has 1 aliphatic rings. The third kappa shape index (κ3) is 3.09. The van der Waals surface area contributed by atoms with Crippen molar-refractivity contribution in [2.24, 2.45) is 17.3 Å². The molecule has 0 aromatic carbocycles. The fraction of sp³-hybridized carbons (Fsp3) is 0.917. The summed E-state index contributed by atoms with van der Waals surface area (Å²) in [6, 6.07) is 0. The smallest absolute Gasteiger partial charge is 0.126 e. The van der Waals surface area contributed by atoms with Crippen molar-refractivity contribution < 1.29 is 4.79 Å². The van der Waals surface area contributed by atoms with E-state index in [1.807, 2.05) is 13.8 Å². The molecule has 1 saturated heterocycles. The Morgan fingerprint density at radius 3 is 2.57 bits per heavy atom. The van der Waals surface area contributed by atoms with Gasteiger partial charge in [0.1, 0.15) is 6.29 Å². The molecule has 2 heteroatoms. The summed E-state index contributed by atoms with van der Waals surface area (Å²) in [5.74, 6) is 1.61. The molecule has 0 spiro atoms. The van der Waals surface area contributed by atoms with Crippen molar-refractivity contribution in [1.29, 1.82) is 0 Å². The quantitative estimate of drug-likeness (QED) is 0.644. The van der Waals surface area contributed by atoms with Crippen molar-refractivity contribution in [2.75, 3.05) is 19.6 Å². The zero-order valence-electron chi connectivity index (χ0n) is 9.92.